The number of aromatic nitrogens is 3. The first-order valence-corrected chi connectivity index (χ1v) is 18.8. The van der Waals surface area contributed by atoms with Crippen molar-refractivity contribution in [2.24, 2.45) is 0 Å². The second-order valence-electron chi connectivity index (χ2n) is 14.0. The first kappa shape index (κ1) is 33.6. The summed E-state index contributed by atoms with van der Waals surface area (Å²) < 4.78 is 6.33. The number of benzene rings is 7. The summed E-state index contributed by atoms with van der Waals surface area (Å²) in [7, 11) is 0. The van der Waals surface area contributed by atoms with Crippen LogP contribution < -0.4 is 0 Å². The van der Waals surface area contributed by atoms with E-state index in [0.717, 1.165) is 83.4 Å². The van der Waals surface area contributed by atoms with Crippen LogP contribution >= 0.6 is 0 Å². The van der Waals surface area contributed by atoms with Gasteiger partial charge in [-0.15, -0.1) is 0 Å². The predicted octanol–water partition coefficient (Wildman–Crippen LogP) is 13.3. The lowest BCUT2D eigenvalue weighted by atomic mass is 9.93. The maximum atomic E-state index is 9.49. The topological polar surface area (TPSA) is 75.6 Å². The van der Waals surface area contributed by atoms with Gasteiger partial charge in [-0.3, -0.25) is 4.98 Å². The van der Waals surface area contributed by atoms with Crippen molar-refractivity contribution in [2.75, 3.05) is 0 Å². The van der Waals surface area contributed by atoms with E-state index in [0.29, 0.717) is 17.0 Å². The summed E-state index contributed by atoms with van der Waals surface area (Å²) in [5, 5.41) is 11.5. The highest BCUT2D eigenvalue weighted by atomic mass is 16.3. The van der Waals surface area contributed by atoms with E-state index in [1.165, 1.54) is 5.56 Å². The minimum atomic E-state index is 0.569. The van der Waals surface area contributed by atoms with E-state index in [1.807, 2.05) is 48.7 Å². The Morgan fingerprint density at radius 2 is 0.895 bits per heavy atom. The Labute approximate surface area is 329 Å². The molecule has 0 fully saturated rings. The molecule has 5 heteroatoms. The van der Waals surface area contributed by atoms with Gasteiger partial charge in [0.05, 0.1) is 23.0 Å². The Hall–Kier alpha value is -7.94. The molecule has 0 aliphatic rings. The van der Waals surface area contributed by atoms with Crippen LogP contribution in [0.4, 0.5) is 0 Å². The number of nitrogens with zero attached hydrogens (tertiary/aromatic N) is 4. The van der Waals surface area contributed by atoms with E-state index < -0.39 is 0 Å². The molecule has 0 unspecified atom stereocenters. The molecule has 10 rings (SSSR count). The summed E-state index contributed by atoms with van der Waals surface area (Å²) in [6.45, 7) is 0. The number of rotatable bonds is 7. The van der Waals surface area contributed by atoms with Gasteiger partial charge in [-0.2, -0.15) is 5.26 Å². The van der Waals surface area contributed by atoms with Crippen molar-refractivity contribution in [3.63, 3.8) is 0 Å². The van der Waals surface area contributed by atoms with Crippen LogP contribution in [0.2, 0.25) is 0 Å². The molecule has 0 bridgehead atoms. The van der Waals surface area contributed by atoms with Crippen molar-refractivity contribution in [3.8, 4) is 84.5 Å². The molecule has 0 atom stereocenters. The van der Waals surface area contributed by atoms with Crippen LogP contribution in [0.5, 0.6) is 0 Å². The van der Waals surface area contributed by atoms with Crippen LogP contribution in [-0.2, 0) is 0 Å². The van der Waals surface area contributed by atoms with Gasteiger partial charge in [0.1, 0.15) is 11.2 Å². The van der Waals surface area contributed by atoms with Gasteiger partial charge in [0.15, 0.2) is 5.82 Å². The Morgan fingerprint density at radius 3 is 1.56 bits per heavy atom. The van der Waals surface area contributed by atoms with E-state index in [-0.39, 0.29) is 0 Å². The van der Waals surface area contributed by atoms with Gasteiger partial charge in [-0.05, 0) is 105 Å². The van der Waals surface area contributed by atoms with Crippen LogP contribution in [0, 0.1) is 11.3 Å². The monoisotopic (exact) mass is 728 g/mol. The van der Waals surface area contributed by atoms with E-state index in [1.54, 1.807) is 12.3 Å². The van der Waals surface area contributed by atoms with Crippen molar-refractivity contribution < 1.29 is 4.42 Å². The molecule has 0 N–H and O–H groups in total. The SMILES string of the molecule is N#Cc1ccc2c(c1)oc1cc(-c3cc(-c4ccc(-c5cccnc5)cc4)cc(-c4cc(-c5ccc(-c6ccccc6)cc5)nc(-c5ccccc5)n4)c3)ccc12. The number of nitriles is 1. The van der Waals surface area contributed by atoms with Crippen LogP contribution in [0.3, 0.4) is 0 Å². The summed E-state index contributed by atoms with van der Waals surface area (Å²) >= 11 is 0. The third-order valence-electron chi connectivity index (χ3n) is 10.4. The standard InChI is InChI=1S/C52H32N4O/c53-32-34-13-23-46-47-24-22-41(30-51(47)57-50(46)26-34)44-27-43(38-16-14-37(15-17-38)42-12-7-25-54-33-42)28-45(29-44)49-31-48(55-52(56-49)40-10-5-2-6-11-40)39-20-18-36(19-21-39)35-8-3-1-4-9-35/h1-31,33H. The van der Waals surface area contributed by atoms with Gasteiger partial charge < -0.3 is 4.42 Å². The van der Waals surface area contributed by atoms with Gasteiger partial charge >= 0.3 is 0 Å². The summed E-state index contributed by atoms with van der Waals surface area (Å²) in [6, 6.07) is 64.6. The molecule has 3 heterocycles. The molecule has 0 aliphatic heterocycles. The zero-order valence-electron chi connectivity index (χ0n) is 30.7. The molecule has 0 radical (unpaired) electrons. The fourth-order valence-corrected chi connectivity index (χ4v) is 7.45. The van der Waals surface area contributed by atoms with Gasteiger partial charge in [0.2, 0.25) is 0 Å². The molecule has 0 saturated carbocycles. The van der Waals surface area contributed by atoms with Gasteiger partial charge in [-0.25, -0.2) is 9.97 Å². The molecule has 0 spiro atoms. The minimum Gasteiger partial charge on any atom is -0.456 e. The Kier molecular flexibility index (Phi) is 8.48. The van der Waals surface area contributed by atoms with Crippen molar-refractivity contribution in [2.45, 2.75) is 0 Å². The summed E-state index contributed by atoms with van der Waals surface area (Å²) in [4.78, 5) is 14.7. The molecule has 5 nitrogen and oxygen atoms in total. The predicted molar refractivity (Wildman–Crippen MR) is 230 cm³/mol. The summed E-state index contributed by atoms with van der Waals surface area (Å²) in [6.07, 6.45) is 3.67. The minimum absolute atomic E-state index is 0.569. The molecule has 0 aliphatic carbocycles. The summed E-state index contributed by atoms with van der Waals surface area (Å²) in [5.41, 5.74) is 15.2. The highest BCUT2D eigenvalue weighted by molar-refractivity contribution is 6.06. The Morgan fingerprint density at radius 1 is 0.386 bits per heavy atom. The van der Waals surface area contributed by atoms with Crippen LogP contribution in [0.15, 0.2) is 199 Å². The average Bonchev–Trinajstić information content (AvgIpc) is 3.67. The molecule has 57 heavy (non-hydrogen) atoms. The molecule has 266 valence electrons. The summed E-state index contributed by atoms with van der Waals surface area (Å²) in [5.74, 6) is 0.656. The Balaban J connectivity index is 1.13. The maximum Gasteiger partial charge on any atom is 0.160 e. The lowest BCUT2D eigenvalue weighted by molar-refractivity contribution is 0.669. The molecule has 0 amide bonds. The number of fused-ring (bicyclic) bond motifs is 3. The van der Waals surface area contributed by atoms with E-state index in [4.69, 9.17) is 14.4 Å². The smallest absolute Gasteiger partial charge is 0.160 e. The molecular weight excluding hydrogens is 697 g/mol. The highest BCUT2D eigenvalue weighted by Gasteiger charge is 2.16. The van der Waals surface area contributed by atoms with E-state index in [2.05, 4.69) is 145 Å². The second kappa shape index (κ2) is 14.4. The van der Waals surface area contributed by atoms with E-state index in [9.17, 15) is 5.26 Å². The third kappa shape index (κ3) is 6.62. The molecule has 0 saturated heterocycles. The number of hydrogen-bond acceptors (Lipinski definition) is 5. The lowest BCUT2D eigenvalue weighted by Crippen LogP contribution is -1.96. The molecular formula is C52H32N4O. The second-order valence-corrected chi connectivity index (χ2v) is 14.0. The van der Waals surface area contributed by atoms with Crippen molar-refractivity contribution >= 4 is 21.9 Å². The van der Waals surface area contributed by atoms with Gasteiger partial charge in [0.25, 0.3) is 0 Å². The van der Waals surface area contributed by atoms with Crippen LogP contribution in [0.1, 0.15) is 5.56 Å². The van der Waals surface area contributed by atoms with Crippen molar-refractivity contribution in [1.29, 1.82) is 5.26 Å². The van der Waals surface area contributed by atoms with Crippen LogP contribution in [0.25, 0.3) is 100 Å². The largest absolute Gasteiger partial charge is 0.456 e. The fraction of sp³-hybridized carbons (Fsp3) is 0. The third-order valence-corrected chi connectivity index (χ3v) is 10.4. The van der Waals surface area contributed by atoms with Gasteiger partial charge in [0, 0.05) is 39.9 Å². The first-order chi connectivity index (χ1) is 28.1. The highest BCUT2D eigenvalue weighted by Crippen LogP contribution is 2.38. The number of furan rings is 1. The zero-order valence-corrected chi connectivity index (χ0v) is 30.7. The number of pyridine rings is 1. The molecule has 7 aromatic carbocycles. The normalized spacial score (nSPS) is 11.1. The average molecular weight is 729 g/mol. The van der Waals surface area contributed by atoms with Crippen LogP contribution in [-0.4, -0.2) is 15.0 Å². The molecule has 10 aromatic rings. The van der Waals surface area contributed by atoms with E-state index >= 15 is 0 Å². The quantitative estimate of drug-likeness (QED) is 0.163. The first-order valence-electron chi connectivity index (χ1n) is 18.8. The fourth-order valence-electron chi connectivity index (χ4n) is 7.45. The van der Waals surface area contributed by atoms with Gasteiger partial charge in [-0.1, -0.05) is 121 Å². The lowest BCUT2D eigenvalue weighted by Gasteiger charge is -2.14. The zero-order chi connectivity index (χ0) is 38.1. The maximum absolute atomic E-state index is 9.49. The Bertz CT molecular complexity index is 3100. The van der Waals surface area contributed by atoms with Crippen molar-refractivity contribution in [3.05, 3.63) is 200 Å². The molecule has 3 aromatic heterocycles. The van der Waals surface area contributed by atoms with Crippen molar-refractivity contribution in [1.82, 2.24) is 15.0 Å². The number of hydrogen-bond donors (Lipinski definition) is 0.